The van der Waals surface area contributed by atoms with Crippen molar-refractivity contribution in [2.24, 2.45) is 0 Å². The molecule has 0 aliphatic carbocycles. The topological polar surface area (TPSA) is 78.9 Å². The quantitative estimate of drug-likeness (QED) is 0.0262. The lowest BCUT2D eigenvalue weighted by Crippen LogP contribution is -2.30. The minimum absolute atomic E-state index is 0.0988. The number of unbranched alkanes of at least 4 members (excludes halogenated alkanes) is 27. The van der Waals surface area contributed by atoms with Crippen molar-refractivity contribution in [2.45, 2.75) is 284 Å². The molecule has 1 atom stereocenters. The maximum atomic E-state index is 12.9. The summed E-state index contributed by atoms with van der Waals surface area (Å²) in [5, 5.41) is 0. The summed E-state index contributed by atoms with van der Waals surface area (Å²) in [7, 11) is 0. The lowest BCUT2D eigenvalue weighted by atomic mass is 10.1. The number of hydrogen-bond donors (Lipinski definition) is 0. The van der Waals surface area contributed by atoms with E-state index < -0.39 is 6.10 Å². The van der Waals surface area contributed by atoms with Gasteiger partial charge in [-0.05, 0) is 116 Å². The third-order valence-corrected chi connectivity index (χ3v) is 12.3. The Bertz CT molecular complexity index is 1330. The van der Waals surface area contributed by atoms with Crippen LogP contribution < -0.4 is 0 Å². The maximum Gasteiger partial charge on any atom is 0.306 e. The van der Waals surface area contributed by atoms with E-state index in [4.69, 9.17) is 14.2 Å². The van der Waals surface area contributed by atoms with Crippen molar-refractivity contribution in [3.8, 4) is 0 Å². The Morgan fingerprint density at radius 1 is 0.290 bits per heavy atom. The lowest BCUT2D eigenvalue weighted by molar-refractivity contribution is -0.167. The number of carbonyl (C=O) groups excluding carboxylic acids is 3. The van der Waals surface area contributed by atoms with Gasteiger partial charge < -0.3 is 14.2 Å². The SMILES string of the molecule is CCCCC/C=C\C/C=C\C/C=C\C/C=C\CCCC(=O)OC[C@H](COC(=O)CCCCCCCCC/C=C\CCCCCCCC)OC(=O)CCCCCCCCC/C=C\C/C=C\CCCCC. The number of ether oxygens (including phenoxy) is 3. The first-order chi connectivity index (χ1) is 34.0. The van der Waals surface area contributed by atoms with Gasteiger partial charge in [0.1, 0.15) is 13.2 Å². The molecule has 0 heterocycles. The van der Waals surface area contributed by atoms with E-state index in [1.807, 2.05) is 0 Å². The van der Waals surface area contributed by atoms with Crippen molar-refractivity contribution in [3.05, 3.63) is 85.1 Å². The van der Waals surface area contributed by atoms with Crippen molar-refractivity contribution >= 4 is 17.9 Å². The minimum atomic E-state index is -0.805. The average Bonchev–Trinajstić information content (AvgIpc) is 3.35. The monoisotopic (exact) mass is 961 g/mol. The van der Waals surface area contributed by atoms with Crippen LogP contribution in [0.4, 0.5) is 0 Å². The van der Waals surface area contributed by atoms with E-state index in [0.717, 1.165) is 77.0 Å². The molecule has 396 valence electrons. The van der Waals surface area contributed by atoms with Gasteiger partial charge >= 0.3 is 17.9 Å². The zero-order valence-electron chi connectivity index (χ0n) is 45.3. The Morgan fingerprint density at radius 2 is 0.536 bits per heavy atom. The van der Waals surface area contributed by atoms with Crippen molar-refractivity contribution in [2.75, 3.05) is 13.2 Å². The van der Waals surface area contributed by atoms with E-state index in [-0.39, 0.29) is 37.5 Å². The normalized spacial score (nSPS) is 12.7. The summed E-state index contributed by atoms with van der Waals surface area (Å²) in [5.41, 5.74) is 0. The fraction of sp³-hybridized carbons (Fsp3) is 0.730. The van der Waals surface area contributed by atoms with Gasteiger partial charge in [0.05, 0.1) is 0 Å². The fourth-order valence-electron chi connectivity index (χ4n) is 7.93. The van der Waals surface area contributed by atoms with Crippen LogP contribution in [0.25, 0.3) is 0 Å². The van der Waals surface area contributed by atoms with Crippen LogP contribution in [0.5, 0.6) is 0 Å². The number of carbonyl (C=O) groups is 3. The van der Waals surface area contributed by atoms with Crippen LogP contribution in [-0.4, -0.2) is 37.2 Å². The van der Waals surface area contributed by atoms with Gasteiger partial charge in [-0.2, -0.15) is 0 Å². The lowest BCUT2D eigenvalue weighted by Gasteiger charge is -2.18. The molecule has 0 aliphatic heterocycles. The molecule has 0 aromatic rings. The highest BCUT2D eigenvalue weighted by Gasteiger charge is 2.19. The molecular weight excluding hydrogens is 853 g/mol. The Balaban J connectivity index is 4.48. The molecule has 0 saturated carbocycles. The summed E-state index contributed by atoms with van der Waals surface area (Å²) in [6.07, 6.45) is 74.3. The number of esters is 3. The summed E-state index contributed by atoms with van der Waals surface area (Å²) < 4.78 is 16.8. The number of rotatable bonds is 52. The van der Waals surface area contributed by atoms with Crippen LogP contribution in [-0.2, 0) is 28.6 Å². The minimum Gasteiger partial charge on any atom is -0.462 e. The molecule has 0 saturated heterocycles. The number of hydrogen-bond acceptors (Lipinski definition) is 6. The molecule has 0 aliphatic rings. The molecule has 0 N–H and O–H groups in total. The zero-order chi connectivity index (χ0) is 50.0. The first-order valence-corrected chi connectivity index (χ1v) is 29.1. The number of allylic oxidation sites excluding steroid dienone is 14. The molecule has 0 radical (unpaired) electrons. The van der Waals surface area contributed by atoms with Gasteiger partial charge in [0.2, 0.25) is 0 Å². The van der Waals surface area contributed by atoms with E-state index >= 15 is 0 Å². The van der Waals surface area contributed by atoms with E-state index in [0.29, 0.717) is 19.3 Å². The molecule has 69 heavy (non-hydrogen) atoms. The second kappa shape index (κ2) is 57.2. The van der Waals surface area contributed by atoms with Crippen LogP contribution in [0.3, 0.4) is 0 Å². The Kier molecular flexibility index (Phi) is 54.3. The van der Waals surface area contributed by atoms with Crippen LogP contribution in [0, 0.1) is 0 Å². The third-order valence-electron chi connectivity index (χ3n) is 12.3. The Morgan fingerprint density at radius 3 is 0.913 bits per heavy atom. The van der Waals surface area contributed by atoms with Crippen LogP contribution in [0.1, 0.15) is 278 Å². The highest BCUT2D eigenvalue weighted by atomic mass is 16.6. The largest absolute Gasteiger partial charge is 0.462 e. The Labute approximate surface area is 426 Å². The van der Waals surface area contributed by atoms with Crippen LogP contribution >= 0.6 is 0 Å². The zero-order valence-corrected chi connectivity index (χ0v) is 45.3. The van der Waals surface area contributed by atoms with Gasteiger partial charge in [-0.25, -0.2) is 0 Å². The van der Waals surface area contributed by atoms with Crippen LogP contribution in [0.2, 0.25) is 0 Å². The molecule has 0 rings (SSSR count). The highest BCUT2D eigenvalue weighted by molar-refractivity contribution is 5.71. The summed E-state index contributed by atoms with van der Waals surface area (Å²) in [6.45, 7) is 6.54. The smallest absolute Gasteiger partial charge is 0.306 e. The maximum absolute atomic E-state index is 12.9. The van der Waals surface area contributed by atoms with E-state index in [9.17, 15) is 14.4 Å². The molecule has 0 fully saturated rings. The predicted octanol–water partition coefficient (Wildman–Crippen LogP) is 19.5. The van der Waals surface area contributed by atoms with Crippen LogP contribution in [0.15, 0.2) is 85.1 Å². The molecule has 0 aromatic carbocycles. The van der Waals surface area contributed by atoms with E-state index in [2.05, 4.69) is 106 Å². The summed E-state index contributed by atoms with van der Waals surface area (Å²) in [6, 6.07) is 0. The van der Waals surface area contributed by atoms with Gasteiger partial charge in [-0.15, -0.1) is 0 Å². The second-order valence-electron chi connectivity index (χ2n) is 19.2. The second-order valence-corrected chi connectivity index (χ2v) is 19.2. The van der Waals surface area contributed by atoms with Crippen molar-refractivity contribution in [1.82, 2.24) is 0 Å². The summed E-state index contributed by atoms with van der Waals surface area (Å²) in [5.74, 6) is -0.963. The molecule has 6 nitrogen and oxygen atoms in total. The first-order valence-electron chi connectivity index (χ1n) is 29.1. The molecular formula is C63H108O6. The van der Waals surface area contributed by atoms with Gasteiger partial charge in [-0.1, -0.05) is 228 Å². The predicted molar refractivity (Wildman–Crippen MR) is 297 cm³/mol. The van der Waals surface area contributed by atoms with E-state index in [1.165, 1.54) is 154 Å². The standard InChI is InChI=1S/C63H108O6/c1-4-7-10-13-16-19-22-25-28-31-34-37-40-43-46-49-52-55-61(64)67-58-60(69-63(66)57-54-51-48-45-42-39-36-33-30-27-24-21-18-15-12-9-6-3)59-68-62(65)56-53-50-47-44-41-38-35-32-29-26-23-20-17-14-11-8-5-2/h16,18-19,21,25-30,34,37,43,46,60H,4-15,17,20,22-24,31-33,35-36,38-42,44-45,47-59H2,1-3H3/b19-16-,21-18-,28-25-,29-26-,30-27-,37-34-,46-43-/t60-/m1/s1. The van der Waals surface area contributed by atoms with Crippen molar-refractivity contribution in [3.63, 3.8) is 0 Å². The fourth-order valence-corrected chi connectivity index (χ4v) is 7.93. The van der Waals surface area contributed by atoms with Crippen molar-refractivity contribution < 1.29 is 28.6 Å². The first kappa shape index (κ1) is 65.6. The Hall–Kier alpha value is -3.41. The van der Waals surface area contributed by atoms with Gasteiger partial charge in [0, 0.05) is 19.3 Å². The highest BCUT2D eigenvalue weighted by Crippen LogP contribution is 2.14. The molecule has 6 heteroatoms. The van der Waals surface area contributed by atoms with Gasteiger partial charge in [0.25, 0.3) is 0 Å². The van der Waals surface area contributed by atoms with Gasteiger partial charge in [-0.3, -0.25) is 14.4 Å². The molecule has 0 aromatic heterocycles. The summed E-state index contributed by atoms with van der Waals surface area (Å²) in [4.78, 5) is 38.2. The molecule has 0 unspecified atom stereocenters. The van der Waals surface area contributed by atoms with Crippen molar-refractivity contribution in [1.29, 1.82) is 0 Å². The third kappa shape index (κ3) is 55.4. The average molecular weight is 962 g/mol. The molecule has 0 spiro atoms. The van der Waals surface area contributed by atoms with Gasteiger partial charge in [0.15, 0.2) is 6.10 Å². The molecule has 0 amide bonds. The molecule has 0 bridgehead atoms. The summed E-state index contributed by atoms with van der Waals surface area (Å²) >= 11 is 0. The van der Waals surface area contributed by atoms with E-state index in [1.54, 1.807) is 0 Å².